The third-order valence-corrected chi connectivity index (χ3v) is 3.52. The number of hydrogen-bond donors (Lipinski definition) is 1. The Morgan fingerprint density at radius 3 is 2.04 bits per heavy atom. The van der Waals surface area contributed by atoms with Crippen molar-refractivity contribution in [1.82, 2.24) is 0 Å². The molecule has 0 fully saturated rings. The van der Waals surface area contributed by atoms with Gasteiger partial charge in [-0.15, -0.1) is 0 Å². The first-order valence-electron chi connectivity index (χ1n) is 7.68. The van der Waals surface area contributed by atoms with Crippen molar-refractivity contribution < 1.29 is 33.7 Å². The van der Waals surface area contributed by atoms with Crippen LogP contribution in [0, 0.1) is 0 Å². The van der Waals surface area contributed by atoms with E-state index in [1.807, 2.05) is 0 Å². The van der Waals surface area contributed by atoms with Crippen molar-refractivity contribution in [3.8, 4) is 11.5 Å². The van der Waals surface area contributed by atoms with Crippen LogP contribution in [0.3, 0.4) is 0 Å². The molecule has 1 unspecified atom stereocenters. The molecule has 0 amide bonds. The molecule has 1 atom stereocenters. The highest BCUT2D eigenvalue weighted by molar-refractivity contribution is 6.01. The number of aliphatic carboxylic acids is 1. The Hall–Kier alpha value is -3.35. The highest BCUT2D eigenvalue weighted by Gasteiger charge is 2.28. The van der Waals surface area contributed by atoms with Gasteiger partial charge in [-0.05, 0) is 12.1 Å². The second-order valence-corrected chi connectivity index (χ2v) is 5.32. The van der Waals surface area contributed by atoms with Crippen LogP contribution >= 0.6 is 0 Å². The van der Waals surface area contributed by atoms with E-state index >= 15 is 0 Å². The SMILES string of the molecule is COc1cc(OC)cc(C(OC(=O)CC(=O)O)C(=O)c2ccccc2)c1. The fourth-order valence-electron chi connectivity index (χ4n) is 2.30. The smallest absolute Gasteiger partial charge is 0.318 e. The third kappa shape index (κ3) is 4.83. The van der Waals surface area contributed by atoms with Gasteiger partial charge in [0, 0.05) is 17.2 Å². The summed E-state index contributed by atoms with van der Waals surface area (Å²) in [6.07, 6.45) is -2.17. The molecule has 0 aliphatic carbocycles. The zero-order valence-electron chi connectivity index (χ0n) is 14.3. The normalized spacial score (nSPS) is 11.3. The van der Waals surface area contributed by atoms with E-state index < -0.39 is 30.2 Å². The molecular weight excluding hydrogens is 340 g/mol. The van der Waals surface area contributed by atoms with Gasteiger partial charge in [0.1, 0.15) is 17.9 Å². The van der Waals surface area contributed by atoms with Crippen molar-refractivity contribution in [2.24, 2.45) is 0 Å². The second kappa shape index (κ2) is 8.66. The molecule has 2 aromatic rings. The standard InChI is InChI=1S/C19H18O7/c1-24-14-8-13(9-15(10-14)25-2)19(26-17(22)11-16(20)21)18(23)12-6-4-3-5-7-12/h3-10,19H,11H2,1-2H3,(H,20,21). The van der Waals surface area contributed by atoms with Crippen LogP contribution in [0.15, 0.2) is 48.5 Å². The average molecular weight is 358 g/mol. The molecule has 1 N–H and O–H groups in total. The van der Waals surface area contributed by atoms with Crippen molar-refractivity contribution in [2.75, 3.05) is 14.2 Å². The molecule has 0 aromatic heterocycles. The van der Waals surface area contributed by atoms with Gasteiger partial charge in [-0.1, -0.05) is 30.3 Å². The molecule has 26 heavy (non-hydrogen) atoms. The van der Waals surface area contributed by atoms with Crippen LogP contribution in [-0.4, -0.2) is 37.0 Å². The number of carbonyl (C=O) groups is 3. The second-order valence-electron chi connectivity index (χ2n) is 5.32. The number of rotatable bonds is 8. The van der Waals surface area contributed by atoms with Gasteiger partial charge < -0.3 is 19.3 Å². The number of benzene rings is 2. The van der Waals surface area contributed by atoms with E-state index in [-0.39, 0.29) is 0 Å². The van der Waals surface area contributed by atoms with Crippen LogP contribution in [0.4, 0.5) is 0 Å². The number of ketones is 1. The van der Waals surface area contributed by atoms with Crippen molar-refractivity contribution in [3.63, 3.8) is 0 Å². The number of carboxylic acids is 1. The Morgan fingerprint density at radius 1 is 0.962 bits per heavy atom. The minimum absolute atomic E-state index is 0.314. The lowest BCUT2D eigenvalue weighted by Crippen LogP contribution is -2.22. The summed E-state index contributed by atoms with van der Waals surface area (Å²) in [7, 11) is 2.89. The molecule has 0 saturated heterocycles. The lowest BCUT2D eigenvalue weighted by atomic mass is 9.99. The highest BCUT2D eigenvalue weighted by Crippen LogP contribution is 2.30. The van der Waals surface area contributed by atoms with E-state index in [1.54, 1.807) is 36.4 Å². The summed E-state index contributed by atoms with van der Waals surface area (Å²) in [5, 5.41) is 8.76. The maximum Gasteiger partial charge on any atom is 0.318 e. The molecule has 0 aliphatic rings. The number of carboxylic acid groups (broad SMARTS) is 1. The van der Waals surface area contributed by atoms with Gasteiger partial charge >= 0.3 is 11.9 Å². The van der Waals surface area contributed by atoms with Crippen molar-refractivity contribution >= 4 is 17.7 Å². The van der Waals surface area contributed by atoms with E-state index in [0.29, 0.717) is 22.6 Å². The zero-order valence-corrected chi connectivity index (χ0v) is 14.3. The maximum atomic E-state index is 12.9. The summed E-state index contributed by atoms with van der Waals surface area (Å²) < 4.78 is 15.5. The van der Waals surface area contributed by atoms with Crippen LogP contribution in [0.1, 0.15) is 28.4 Å². The maximum absolute atomic E-state index is 12.9. The number of ether oxygens (including phenoxy) is 3. The lowest BCUT2D eigenvalue weighted by molar-refractivity contribution is -0.153. The van der Waals surface area contributed by atoms with Crippen molar-refractivity contribution in [3.05, 3.63) is 59.7 Å². The van der Waals surface area contributed by atoms with Gasteiger partial charge in [0.25, 0.3) is 0 Å². The molecule has 0 radical (unpaired) electrons. The Kier molecular flexibility index (Phi) is 6.32. The van der Waals surface area contributed by atoms with Crippen LogP contribution in [0.2, 0.25) is 0 Å². The van der Waals surface area contributed by atoms with E-state index in [2.05, 4.69) is 0 Å². The Balaban J connectivity index is 2.44. The van der Waals surface area contributed by atoms with Gasteiger partial charge in [-0.25, -0.2) is 0 Å². The van der Waals surface area contributed by atoms with Gasteiger partial charge in [-0.2, -0.15) is 0 Å². The molecular formula is C19H18O7. The number of hydrogen-bond acceptors (Lipinski definition) is 6. The predicted octanol–water partition coefficient (Wildman–Crippen LogP) is 2.65. The van der Waals surface area contributed by atoms with Crippen molar-refractivity contribution in [2.45, 2.75) is 12.5 Å². The molecule has 2 aromatic carbocycles. The Labute approximate surface area is 150 Å². The van der Waals surface area contributed by atoms with Crippen LogP contribution < -0.4 is 9.47 Å². The molecule has 7 nitrogen and oxygen atoms in total. The van der Waals surface area contributed by atoms with Gasteiger partial charge in [0.15, 0.2) is 6.10 Å². The highest BCUT2D eigenvalue weighted by atomic mass is 16.5. The minimum Gasteiger partial charge on any atom is -0.497 e. The van der Waals surface area contributed by atoms with Crippen LogP contribution in [0.5, 0.6) is 11.5 Å². The first-order chi connectivity index (χ1) is 12.4. The summed E-state index contributed by atoms with van der Waals surface area (Å²) >= 11 is 0. The van der Waals surface area contributed by atoms with Crippen molar-refractivity contribution in [1.29, 1.82) is 0 Å². The number of carbonyl (C=O) groups excluding carboxylic acids is 2. The van der Waals surface area contributed by atoms with E-state index in [0.717, 1.165) is 0 Å². The monoisotopic (exact) mass is 358 g/mol. The molecule has 0 saturated carbocycles. The fraction of sp³-hybridized carbons (Fsp3) is 0.211. The fourth-order valence-corrected chi connectivity index (χ4v) is 2.30. The molecule has 0 aliphatic heterocycles. The van der Waals surface area contributed by atoms with Crippen LogP contribution in [0.25, 0.3) is 0 Å². The first kappa shape index (κ1) is 19.0. The van der Waals surface area contributed by atoms with Gasteiger partial charge in [0.05, 0.1) is 14.2 Å². The largest absolute Gasteiger partial charge is 0.497 e. The number of esters is 1. The lowest BCUT2D eigenvalue weighted by Gasteiger charge is -2.18. The summed E-state index contributed by atoms with van der Waals surface area (Å²) in [6.45, 7) is 0. The predicted molar refractivity (Wildman–Crippen MR) is 91.4 cm³/mol. The Bertz CT molecular complexity index is 777. The van der Waals surface area contributed by atoms with E-state index in [4.69, 9.17) is 19.3 Å². The van der Waals surface area contributed by atoms with E-state index in [9.17, 15) is 14.4 Å². The molecule has 0 bridgehead atoms. The zero-order chi connectivity index (χ0) is 19.1. The number of Topliss-reactive ketones (excluding diaryl/α,β-unsaturated/α-hetero) is 1. The summed E-state index contributed by atoms with van der Waals surface area (Å²) in [6, 6.07) is 12.9. The molecule has 136 valence electrons. The molecule has 2 rings (SSSR count). The minimum atomic E-state index is -1.34. The molecule has 0 heterocycles. The summed E-state index contributed by atoms with van der Waals surface area (Å²) in [5.74, 6) is -2.05. The topological polar surface area (TPSA) is 99.1 Å². The quantitative estimate of drug-likeness (QED) is 0.440. The van der Waals surface area contributed by atoms with Crippen LogP contribution in [-0.2, 0) is 14.3 Å². The Morgan fingerprint density at radius 2 is 1.54 bits per heavy atom. The van der Waals surface area contributed by atoms with Gasteiger partial charge in [0.2, 0.25) is 5.78 Å². The van der Waals surface area contributed by atoms with E-state index in [1.165, 1.54) is 26.4 Å². The first-order valence-corrected chi connectivity index (χ1v) is 7.68. The summed E-state index contributed by atoms with van der Waals surface area (Å²) in [5.41, 5.74) is 0.635. The average Bonchev–Trinajstić information content (AvgIpc) is 2.65. The number of methoxy groups -OCH3 is 2. The van der Waals surface area contributed by atoms with Gasteiger partial charge in [-0.3, -0.25) is 14.4 Å². The molecule has 7 heteroatoms. The summed E-state index contributed by atoms with van der Waals surface area (Å²) in [4.78, 5) is 35.5. The third-order valence-electron chi connectivity index (χ3n) is 3.52. The molecule has 0 spiro atoms.